The summed E-state index contributed by atoms with van der Waals surface area (Å²) in [6.07, 6.45) is 1.54. The maximum Gasteiger partial charge on any atom is 0.313 e. The minimum Gasteiger partial charge on any atom is -0.460 e. The van der Waals surface area contributed by atoms with Crippen LogP contribution in [-0.2, 0) is 20.9 Å². The van der Waals surface area contributed by atoms with Crippen molar-refractivity contribution >= 4 is 17.6 Å². The van der Waals surface area contributed by atoms with Gasteiger partial charge in [0.2, 0.25) is 0 Å². The summed E-state index contributed by atoms with van der Waals surface area (Å²) in [6.45, 7) is 1.36. The van der Waals surface area contributed by atoms with E-state index in [0.717, 1.165) is 18.9 Å². The normalized spacial score (nSPS) is 13.9. The minimum absolute atomic E-state index is 0.219. The molecule has 1 aromatic carbocycles. The van der Waals surface area contributed by atoms with Crippen molar-refractivity contribution in [2.45, 2.75) is 19.1 Å². The minimum atomic E-state index is -0.665. The second-order valence-electron chi connectivity index (χ2n) is 6.31. The fourth-order valence-electron chi connectivity index (χ4n) is 2.79. The van der Waals surface area contributed by atoms with Gasteiger partial charge in [-0.25, -0.2) is 9.37 Å². The van der Waals surface area contributed by atoms with Crippen LogP contribution in [0.1, 0.15) is 12.0 Å². The zero-order valence-corrected chi connectivity index (χ0v) is 14.9. The van der Waals surface area contributed by atoms with Gasteiger partial charge in [-0.15, -0.1) is 0 Å². The van der Waals surface area contributed by atoms with Crippen LogP contribution < -0.4 is 10.6 Å². The molecule has 1 aliphatic heterocycles. The van der Waals surface area contributed by atoms with E-state index >= 15 is 0 Å². The number of hydrogen-bond acceptors (Lipinski definition) is 6. The molecule has 7 nitrogen and oxygen atoms in total. The van der Waals surface area contributed by atoms with Crippen LogP contribution in [0.25, 0.3) is 11.1 Å². The SMILES string of the molecule is COC1CN(c2ccc(-c3cccc(COC(=O)CC(=N)N)c3F)cn2)C1. The van der Waals surface area contributed by atoms with Crippen LogP contribution in [-0.4, -0.2) is 43.1 Å². The molecule has 0 atom stereocenters. The van der Waals surface area contributed by atoms with Gasteiger partial charge in [0, 0.05) is 43.1 Å². The van der Waals surface area contributed by atoms with Gasteiger partial charge in [0.05, 0.1) is 6.10 Å². The van der Waals surface area contributed by atoms with Crippen LogP contribution in [0.15, 0.2) is 36.5 Å². The molecule has 3 rings (SSSR count). The van der Waals surface area contributed by atoms with Crippen molar-refractivity contribution in [1.29, 1.82) is 5.41 Å². The number of benzene rings is 1. The molecule has 1 aromatic heterocycles. The van der Waals surface area contributed by atoms with Crippen molar-refractivity contribution in [1.82, 2.24) is 4.98 Å². The Morgan fingerprint density at radius 2 is 2.15 bits per heavy atom. The highest BCUT2D eigenvalue weighted by atomic mass is 19.1. The molecule has 0 unspecified atom stereocenters. The zero-order chi connectivity index (χ0) is 19.4. The largest absolute Gasteiger partial charge is 0.460 e. The van der Waals surface area contributed by atoms with Gasteiger partial charge < -0.3 is 20.1 Å². The maximum atomic E-state index is 14.8. The lowest BCUT2D eigenvalue weighted by Gasteiger charge is -2.39. The summed E-state index contributed by atoms with van der Waals surface area (Å²) in [6, 6.07) is 8.55. The number of aromatic nitrogens is 1. The first kappa shape index (κ1) is 18.8. The lowest BCUT2D eigenvalue weighted by molar-refractivity contribution is -0.143. The molecule has 1 fully saturated rings. The Kier molecular flexibility index (Phi) is 5.66. The number of ether oxygens (including phenoxy) is 2. The Balaban J connectivity index is 1.70. The molecule has 1 saturated heterocycles. The fraction of sp³-hybridized carbons (Fsp3) is 0.316. The molecule has 0 amide bonds. The summed E-state index contributed by atoms with van der Waals surface area (Å²) >= 11 is 0. The number of esters is 1. The topological polar surface area (TPSA) is 102 Å². The molecule has 8 heteroatoms. The monoisotopic (exact) mass is 372 g/mol. The first-order chi connectivity index (χ1) is 13.0. The molecule has 142 valence electrons. The highest BCUT2D eigenvalue weighted by Crippen LogP contribution is 2.27. The zero-order valence-electron chi connectivity index (χ0n) is 14.9. The van der Waals surface area contributed by atoms with Gasteiger partial charge in [0.25, 0.3) is 0 Å². The molecule has 3 N–H and O–H groups in total. The second-order valence-corrected chi connectivity index (χ2v) is 6.31. The summed E-state index contributed by atoms with van der Waals surface area (Å²) in [4.78, 5) is 18.0. The highest BCUT2D eigenvalue weighted by molar-refractivity contribution is 5.94. The number of nitrogens with two attached hydrogens (primary N) is 1. The van der Waals surface area contributed by atoms with E-state index in [9.17, 15) is 9.18 Å². The number of carbonyl (C=O) groups excluding carboxylic acids is 1. The Hall–Kier alpha value is -3.00. The third-order valence-electron chi connectivity index (χ3n) is 4.37. The number of rotatable bonds is 7. The molecule has 0 bridgehead atoms. The van der Waals surface area contributed by atoms with E-state index in [1.54, 1.807) is 31.5 Å². The van der Waals surface area contributed by atoms with Gasteiger partial charge >= 0.3 is 5.97 Å². The Bertz CT molecular complexity index is 835. The van der Waals surface area contributed by atoms with E-state index in [0.29, 0.717) is 11.1 Å². The number of hydrogen-bond donors (Lipinski definition) is 2. The second kappa shape index (κ2) is 8.13. The summed E-state index contributed by atoms with van der Waals surface area (Å²) in [5, 5.41) is 7.07. The van der Waals surface area contributed by atoms with Gasteiger partial charge in [-0.1, -0.05) is 18.2 Å². The predicted molar refractivity (Wildman–Crippen MR) is 99.0 cm³/mol. The Morgan fingerprint density at radius 1 is 1.37 bits per heavy atom. The maximum absolute atomic E-state index is 14.8. The predicted octanol–water partition coefficient (Wildman–Crippen LogP) is 2.09. The van der Waals surface area contributed by atoms with Crippen LogP contribution in [0.4, 0.5) is 10.2 Å². The molecule has 2 heterocycles. The summed E-state index contributed by atoms with van der Waals surface area (Å²) < 4.78 is 25.0. The smallest absolute Gasteiger partial charge is 0.313 e. The fourth-order valence-corrected chi connectivity index (χ4v) is 2.79. The van der Waals surface area contributed by atoms with Gasteiger partial charge in [-0.3, -0.25) is 10.2 Å². The summed E-state index contributed by atoms with van der Waals surface area (Å²) in [7, 11) is 1.69. The van der Waals surface area contributed by atoms with E-state index < -0.39 is 11.8 Å². The van der Waals surface area contributed by atoms with Crippen LogP contribution in [0.5, 0.6) is 0 Å². The summed E-state index contributed by atoms with van der Waals surface area (Å²) in [5.41, 5.74) is 6.41. The lowest BCUT2D eigenvalue weighted by atomic mass is 10.0. The van der Waals surface area contributed by atoms with Crippen LogP contribution >= 0.6 is 0 Å². The van der Waals surface area contributed by atoms with Gasteiger partial charge in [0.15, 0.2) is 0 Å². The van der Waals surface area contributed by atoms with Crippen molar-refractivity contribution in [3.8, 4) is 11.1 Å². The number of carbonyl (C=O) groups is 1. The van der Waals surface area contributed by atoms with E-state index in [1.165, 1.54) is 0 Å². The van der Waals surface area contributed by atoms with Gasteiger partial charge in [0.1, 0.15) is 30.5 Å². The molecule has 0 saturated carbocycles. The standard InChI is InChI=1S/C19H21FN4O3/c1-26-14-9-24(10-14)17-6-5-12(8-23-17)15-4-2-3-13(19(15)20)11-27-18(25)7-16(21)22/h2-6,8,14H,7,9-11H2,1H3,(H3,21,22). The third kappa shape index (κ3) is 4.40. The van der Waals surface area contributed by atoms with E-state index in [1.807, 2.05) is 12.1 Å². The molecule has 0 spiro atoms. The average molecular weight is 372 g/mol. The highest BCUT2D eigenvalue weighted by Gasteiger charge is 2.27. The number of nitrogens with zero attached hydrogens (tertiary/aromatic N) is 2. The van der Waals surface area contributed by atoms with Gasteiger partial charge in [-0.05, 0) is 12.1 Å². The van der Waals surface area contributed by atoms with Crippen molar-refractivity contribution < 1.29 is 18.7 Å². The molecule has 0 aliphatic carbocycles. The number of anilines is 1. The van der Waals surface area contributed by atoms with Crippen molar-refractivity contribution in [3.63, 3.8) is 0 Å². The number of pyridine rings is 1. The Labute approximate surface area is 156 Å². The van der Waals surface area contributed by atoms with Crippen LogP contribution in [0.2, 0.25) is 0 Å². The van der Waals surface area contributed by atoms with Crippen molar-refractivity contribution in [2.24, 2.45) is 5.73 Å². The lowest BCUT2D eigenvalue weighted by Crippen LogP contribution is -2.52. The van der Waals surface area contributed by atoms with E-state index in [-0.39, 0.29) is 30.5 Å². The first-order valence-corrected chi connectivity index (χ1v) is 8.48. The third-order valence-corrected chi connectivity index (χ3v) is 4.37. The van der Waals surface area contributed by atoms with Gasteiger partial charge in [-0.2, -0.15) is 0 Å². The van der Waals surface area contributed by atoms with Crippen LogP contribution in [0.3, 0.4) is 0 Å². The molecule has 2 aromatic rings. The van der Waals surface area contributed by atoms with Crippen molar-refractivity contribution in [2.75, 3.05) is 25.1 Å². The molecule has 0 radical (unpaired) electrons. The molecular formula is C19H21FN4O3. The van der Waals surface area contributed by atoms with E-state index in [4.69, 9.17) is 20.6 Å². The Morgan fingerprint density at radius 3 is 2.78 bits per heavy atom. The van der Waals surface area contributed by atoms with Crippen LogP contribution in [0, 0.1) is 11.2 Å². The number of halogens is 1. The van der Waals surface area contributed by atoms with Crippen molar-refractivity contribution in [3.05, 3.63) is 47.9 Å². The molecule has 27 heavy (non-hydrogen) atoms. The molecular weight excluding hydrogens is 351 g/mol. The number of amidine groups is 1. The quantitative estimate of drug-likeness (QED) is 0.438. The number of nitrogens with one attached hydrogen (secondary N) is 1. The van der Waals surface area contributed by atoms with E-state index in [2.05, 4.69) is 9.88 Å². The first-order valence-electron chi connectivity index (χ1n) is 8.48. The average Bonchev–Trinajstić information content (AvgIpc) is 2.60. The summed E-state index contributed by atoms with van der Waals surface area (Å²) in [5.74, 6) is -0.602. The number of methoxy groups -OCH3 is 1. The molecule has 1 aliphatic rings.